The Kier molecular flexibility index (Phi) is 6.49. The summed E-state index contributed by atoms with van der Waals surface area (Å²) in [6, 6.07) is 5.03. The molecule has 0 bridgehead atoms. The van der Waals surface area contributed by atoms with Gasteiger partial charge >= 0.3 is 6.09 Å². The number of halogens is 2. The van der Waals surface area contributed by atoms with Gasteiger partial charge in [-0.1, -0.05) is 29.3 Å². The summed E-state index contributed by atoms with van der Waals surface area (Å²) in [6.45, 7) is 5.73. The van der Waals surface area contributed by atoms with E-state index in [0.717, 1.165) is 0 Å². The molecule has 0 aliphatic carbocycles. The number of hydrogen-bond donors (Lipinski definition) is 2. The summed E-state index contributed by atoms with van der Waals surface area (Å²) in [6.07, 6.45) is -1.03. The molecule has 0 atom stereocenters. The number of rotatable bonds is 5. The molecule has 0 aliphatic rings. The predicted octanol–water partition coefficient (Wildman–Crippen LogP) is 4.63. The van der Waals surface area contributed by atoms with Crippen molar-refractivity contribution in [1.82, 2.24) is 15.2 Å². The highest BCUT2D eigenvalue weighted by Gasteiger charge is 2.26. The lowest BCUT2D eigenvalue weighted by molar-refractivity contribution is 0.0889. The molecule has 2 amide bonds. The normalized spacial score (nSPS) is 11.3. The van der Waals surface area contributed by atoms with Gasteiger partial charge in [-0.15, -0.1) is 11.3 Å². The number of carbonyl (C=O) groups excluding carboxylic acids is 1. The lowest BCUT2D eigenvalue weighted by Crippen LogP contribution is -2.48. The van der Waals surface area contributed by atoms with E-state index in [1.807, 2.05) is 0 Å². The van der Waals surface area contributed by atoms with E-state index in [1.54, 1.807) is 44.5 Å². The molecule has 0 radical (unpaired) electrons. The molecule has 1 aromatic carbocycles. The van der Waals surface area contributed by atoms with Crippen molar-refractivity contribution >= 4 is 46.5 Å². The number of thiazole rings is 1. The molecule has 0 spiro atoms. The summed E-state index contributed by atoms with van der Waals surface area (Å²) in [4.78, 5) is 29.8. The van der Waals surface area contributed by atoms with E-state index in [9.17, 15) is 14.7 Å². The topological polar surface area (TPSA) is 82.5 Å². The molecular formula is C17H19Cl2N3O3S. The largest absolute Gasteiger partial charge is 0.465 e. The van der Waals surface area contributed by atoms with Gasteiger partial charge in [-0.3, -0.25) is 4.79 Å². The highest BCUT2D eigenvalue weighted by Crippen LogP contribution is 2.34. The Morgan fingerprint density at radius 3 is 2.58 bits per heavy atom. The average Bonchev–Trinajstić information content (AvgIpc) is 2.99. The standard InChI is InChI=1S/C17H19Cl2N3O3S/c1-17(2,3)22(16(24)25)7-6-20-15(23)13-14(26-9-21-13)11-5-4-10(18)8-12(11)19/h4-5,8-9H,6-7H2,1-3H3,(H,20,23)(H,24,25). The van der Waals surface area contributed by atoms with Gasteiger partial charge in [0.15, 0.2) is 0 Å². The first-order valence-corrected chi connectivity index (χ1v) is 9.42. The molecule has 1 aromatic heterocycles. The highest BCUT2D eigenvalue weighted by molar-refractivity contribution is 7.13. The number of nitrogens with one attached hydrogen (secondary N) is 1. The van der Waals surface area contributed by atoms with Gasteiger partial charge in [0, 0.05) is 29.2 Å². The minimum absolute atomic E-state index is 0.172. The number of aromatic nitrogens is 1. The van der Waals surface area contributed by atoms with Crippen molar-refractivity contribution < 1.29 is 14.7 Å². The molecule has 2 aromatic rings. The lowest BCUT2D eigenvalue weighted by Gasteiger charge is -2.33. The van der Waals surface area contributed by atoms with Gasteiger partial charge in [0.2, 0.25) is 0 Å². The van der Waals surface area contributed by atoms with Crippen molar-refractivity contribution in [3.63, 3.8) is 0 Å². The van der Waals surface area contributed by atoms with Crippen LogP contribution in [-0.4, -0.2) is 45.6 Å². The molecule has 6 nitrogen and oxygen atoms in total. The fourth-order valence-corrected chi connectivity index (χ4v) is 3.74. The maximum Gasteiger partial charge on any atom is 0.407 e. The highest BCUT2D eigenvalue weighted by atomic mass is 35.5. The van der Waals surface area contributed by atoms with Crippen molar-refractivity contribution in [2.75, 3.05) is 13.1 Å². The van der Waals surface area contributed by atoms with Crippen LogP contribution < -0.4 is 5.32 Å². The fraction of sp³-hybridized carbons (Fsp3) is 0.353. The molecular weight excluding hydrogens is 397 g/mol. The van der Waals surface area contributed by atoms with E-state index in [-0.39, 0.29) is 24.7 Å². The second-order valence-electron chi connectivity index (χ2n) is 6.52. The van der Waals surface area contributed by atoms with Gasteiger partial charge in [0.05, 0.1) is 15.4 Å². The van der Waals surface area contributed by atoms with Gasteiger partial charge in [0.1, 0.15) is 5.69 Å². The van der Waals surface area contributed by atoms with Crippen molar-refractivity contribution in [1.29, 1.82) is 0 Å². The summed E-state index contributed by atoms with van der Waals surface area (Å²) in [5, 5.41) is 12.9. The van der Waals surface area contributed by atoms with Crippen LogP contribution in [0.1, 0.15) is 31.3 Å². The van der Waals surface area contributed by atoms with Gasteiger partial charge in [-0.2, -0.15) is 0 Å². The number of benzene rings is 1. The van der Waals surface area contributed by atoms with Crippen LogP contribution in [0.4, 0.5) is 4.79 Å². The van der Waals surface area contributed by atoms with Crippen molar-refractivity contribution in [3.05, 3.63) is 39.4 Å². The Morgan fingerprint density at radius 1 is 1.31 bits per heavy atom. The van der Waals surface area contributed by atoms with Crippen LogP contribution in [0.15, 0.2) is 23.7 Å². The maximum absolute atomic E-state index is 12.5. The van der Waals surface area contributed by atoms with E-state index in [4.69, 9.17) is 23.2 Å². The molecule has 2 rings (SSSR count). The van der Waals surface area contributed by atoms with Crippen molar-refractivity contribution in [2.45, 2.75) is 26.3 Å². The van der Waals surface area contributed by atoms with Gasteiger partial charge in [-0.25, -0.2) is 9.78 Å². The molecule has 0 saturated heterocycles. The van der Waals surface area contributed by atoms with Crippen LogP contribution in [0.25, 0.3) is 10.4 Å². The monoisotopic (exact) mass is 415 g/mol. The Balaban J connectivity index is 2.10. The van der Waals surface area contributed by atoms with E-state index in [2.05, 4.69) is 10.3 Å². The SMILES string of the molecule is CC(C)(C)N(CCNC(=O)c1ncsc1-c1ccc(Cl)cc1Cl)C(=O)O. The third kappa shape index (κ3) is 4.87. The maximum atomic E-state index is 12.5. The summed E-state index contributed by atoms with van der Waals surface area (Å²) in [5.74, 6) is -0.383. The fourth-order valence-electron chi connectivity index (χ4n) is 2.36. The van der Waals surface area contributed by atoms with Gasteiger partial charge < -0.3 is 15.3 Å². The summed E-state index contributed by atoms with van der Waals surface area (Å²) in [5.41, 5.74) is 1.93. The van der Waals surface area contributed by atoms with E-state index in [0.29, 0.717) is 20.5 Å². The average molecular weight is 416 g/mol. The van der Waals surface area contributed by atoms with Crippen LogP contribution >= 0.6 is 34.5 Å². The molecule has 0 fully saturated rings. The second kappa shape index (κ2) is 8.24. The zero-order chi connectivity index (χ0) is 19.5. The Morgan fingerprint density at radius 2 is 2.00 bits per heavy atom. The minimum Gasteiger partial charge on any atom is -0.465 e. The number of nitrogens with zero attached hydrogens (tertiary/aromatic N) is 2. The van der Waals surface area contributed by atoms with E-state index in [1.165, 1.54) is 16.2 Å². The molecule has 0 aliphatic heterocycles. The van der Waals surface area contributed by atoms with Crippen molar-refractivity contribution in [2.24, 2.45) is 0 Å². The summed E-state index contributed by atoms with van der Waals surface area (Å²) in [7, 11) is 0. The van der Waals surface area contributed by atoms with E-state index >= 15 is 0 Å². The van der Waals surface area contributed by atoms with Gasteiger partial charge in [-0.05, 0) is 32.9 Å². The predicted molar refractivity (Wildman–Crippen MR) is 104 cm³/mol. The number of amides is 2. The Bertz CT molecular complexity index is 818. The zero-order valence-electron chi connectivity index (χ0n) is 14.5. The molecule has 0 saturated carbocycles. The zero-order valence-corrected chi connectivity index (χ0v) is 16.9. The summed E-state index contributed by atoms with van der Waals surface area (Å²) >= 11 is 13.4. The van der Waals surface area contributed by atoms with Crippen LogP contribution in [0.5, 0.6) is 0 Å². The van der Waals surface area contributed by atoms with Crippen molar-refractivity contribution in [3.8, 4) is 10.4 Å². The first kappa shape index (κ1) is 20.5. The molecule has 26 heavy (non-hydrogen) atoms. The van der Waals surface area contributed by atoms with Crippen LogP contribution in [-0.2, 0) is 0 Å². The van der Waals surface area contributed by atoms with Gasteiger partial charge in [0.25, 0.3) is 5.91 Å². The Hall–Kier alpha value is -1.83. The number of carbonyl (C=O) groups is 2. The first-order chi connectivity index (χ1) is 12.1. The minimum atomic E-state index is -1.03. The number of carboxylic acid groups (broad SMARTS) is 1. The second-order valence-corrected chi connectivity index (χ2v) is 8.21. The molecule has 0 unspecified atom stereocenters. The first-order valence-electron chi connectivity index (χ1n) is 7.79. The van der Waals surface area contributed by atoms with Crippen LogP contribution in [0.2, 0.25) is 10.0 Å². The third-order valence-electron chi connectivity index (χ3n) is 3.62. The third-order valence-corrected chi connectivity index (χ3v) is 5.03. The van der Waals surface area contributed by atoms with Crippen LogP contribution in [0.3, 0.4) is 0 Å². The molecule has 2 N–H and O–H groups in total. The smallest absolute Gasteiger partial charge is 0.407 e. The number of hydrogen-bond acceptors (Lipinski definition) is 4. The quantitative estimate of drug-likeness (QED) is 0.745. The van der Waals surface area contributed by atoms with E-state index < -0.39 is 11.6 Å². The molecule has 1 heterocycles. The van der Waals surface area contributed by atoms with Crippen LogP contribution in [0, 0.1) is 0 Å². The lowest BCUT2D eigenvalue weighted by atomic mass is 10.1. The molecule has 140 valence electrons. The molecule has 9 heteroatoms. The summed E-state index contributed by atoms with van der Waals surface area (Å²) < 4.78 is 0. The Labute approximate surface area is 165 Å².